The van der Waals surface area contributed by atoms with Gasteiger partial charge in [-0.05, 0) is 36.8 Å². The Morgan fingerprint density at radius 3 is 2.86 bits per heavy atom. The molecule has 0 aliphatic heterocycles. The molecule has 5 aromatic rings. The maximum absolute atomic E-state index is 12.2. The number of hydrogen-bond donors (Lipinski definition) is 1. The lowest BCUT2D eigenvalue weighted by molar-refractivity contribution is 0.296. The van der Waals surface area contributed by atoms with Crippen LogP contribution < -0.4 is 16.1 Å². The second-order valence-electron chi connectivity index (χ2n) is 6.43. The molecule has 0 amide bonds. The first kappa shape index (κ1) is 16.2. The molecule has 8 heteroatoms. The summed E-state index contributed by atoms with van der Waals surface area (Å²) in [4.78, 5) is 31.0. The van der Waals surface area contributed by atoms with Crippen molar-refractivity contribution < 1.29 is 9.15 Å². The van der Waals surface area contributed by atoms with E-state index >= 15 is 0 Å². The zero-order chi connectivity index (χ0) is 19.3. The predicted octanol–water partition coefficient (Wildman–Crippen LogP) is 2.56. The zero-order valence-corrected chi connectivity index (χ0v) is 14.8. The van der Waals surface area contributed by atoms with Crippen molar-refractivity contribution in [1.82, 2.24) is 19.6 Å². The highest BCUT2D eigenvalue weighted by molar-refractivity contribution is 5.90. The van der Waals surface area contributed by atoms with E-state index in [9.17, 15) is 9.59 Å². The monoisotopic (exact) mass is 374 g/mol. The Kier molecular flexibility index (Phi) is 3.51. The SMILES string of the molecule is Cc1cc(=O)oc2cc(OCc3nc4c5ccccc5[nH]c(=O)n4n3)ccc12. The number of aromatic nitrogens is 4. The van der Waals surface area contributed by atoms with Crippen molar-refractivity contribution in [2.45, 2.75) is 13.5 Å². The minimum Gasteiger partial charge on any atom is -0.485 e. The van der Waals surface area contributed by atoms with E-state index in [0.29, 0.717) is 28.3 Å². The third kappa shape index (κ3) is 2.62. The number of fused-ring (bicyclic) bond motifs is 4. The van der Waals surface area contributed by atoms with Gasteiger partial charge in [-0.3, -0.25) is 0 Å². The smallest absolute Gasteiger partial charge is 0.348 e. The Balaban J connectivity index is 1.50. The first-order chi connectivity index (χ1) is 13.6. The van der Waals surface area contributed by atoms with Crippen molar-refractivity contribution in [3.05, 3.63) is 80.8 Å². The molecule has 0 saturated carbocycles. The summed E-state index contributed by atoms with van der Waals surface area (Å²) in [5.74, 6) is 0.881. The highest BCUT2D eigenvalue weighted by Crippen LogP contribution is 2.23. The van der Waals surface area contributed by atoms with Gasteiger partial charge in [-0.25, -0.2) is 14.6 Å². The average molecular weight is 374 g/mol. The lowest BCUT2D eigenvalue weighted by atomic mass is 10.1. The van der Waals surface area contributed by atoms with Crippen molar-refractivity contribution in [2.75, 3.05) is 0 Å². The van der Waals surface area contributed by atoms with E-state index in [-0.39, 0.29) is 12.3 Å². The van der Waals surface area contributed by atoms with Gasteiger partial charge in [-0.2, -0.15) is 4.52 Å². The average Bonchev–Trinajstić information content (AvgIpc) is 3.11. The van der Waals surface area contributed by atoms with Crippen LogP contribution in [0.4, 0.5) is 0 Å². The Morgan fingerprint density at radius 1 is 1.11 bits per heavy atom. The topological polar surface area (TPSA) is 102 Å². The number of para-hydroxylation sites is 1. The minimum absolute atomic E-state index is 0.0665. The lowest BCUT2D eigenvalue weighted by Crippen LogP contribution is -2.17. The summed E-state index contributed by atoms with van der Waals surface area (Å²) in [6, 6.07) is 14.1. The highest BCUT2D eigenvalue weighted by atomic mass is 16.5. The number of H-pyrrole nitrogens is 1. The van der Waals surface area contributed by atoms with Crippen LogP contribution in [0.3, 0.4) is 0 Å². The molecule has 3 heterocycles. The molecule has 0 fully saturated rings. The van der Waals surface area contributed by atoms with Crippen molar-refractivity contribution in [2.24, 2.45) is 0 Å². The number of aromatic amines is 1. The van der Waals surface area contributed by atoms with Crippen molar-refractivity contribution in [1.29, 1.82) is 0 Å². The molecule has 2 aromatic carbocycles. The van der Waals surface area contributed by atoms with E-state index in [1.807, 2.05) is 37.3 Å². The fourth-order valence-corrected chi connectivity index (χ4v) is 3.23. The van der Waals surface area contributed by atoms with E-state index in [1.165, 1.54) is 10.6 Å². The standard InChI is InChI=1S/C20H14N4O4/c1-11-8-18(25)28-16-9-12(6-7-13(11)16)27-10-17-22-19-14-4-2-3-5-15(14)21-20(26)24(19)23-17/h2-9H,10H2,1H3,(H,21,26). The molecule has 5 rings (SSSR count). The number of nitrogens with one attached hydrogen (secondary N) is 1. The van der Waals surface area contributed by atoms with Crippen LogP contribution >= 0.6 is 0 Å². The van der Waals surface area contributed by atoms with E-state index in [4.69, 9.17) is 9.15 Å². The molecule has 0 saturated heterocycles. The van der Waals surface area contributed by atoms with Crippen LogP contribution in [0.2, 0.25) is 0 Å². The molecule has 0 atom stereocenters. The summed E-state index contributed by atoms with van der Waals surface area (Å²) in [6.45, 7) is 1.92. The number of benzene rings is 2. The molecule has 0 aliphatic rings. The highest BCUT2D eigenvalue weighted by Gasteiger charge is 2.11. The molecule has 138 valence electrons. The molecule has 0 radical (unpaired) electrons. The van der Waals surface area contributed by atoms with E-state index in [2.05, 4.69) is 15.1 Å². The van der Waals surface area contributed by atoms with Gasteiger partial charge < -0.3 is 14.1 Å². The number of rotatable bonds is 3. The van der Waals surface area contributed by atoms with Crippen molar-refractivity contribution in [3.8, 4) is 5.75 Å². The Hall–Kier alpha value is -3.94. The molecular weight excluding hydrogens is 360 g/mol. The second kappa shape index (κ2) is 6.05. The van der Waals surface area contributed by atoms with Crippen LogP contribution in [0, 0.1) is 6.92 Å². The van der Waals surface area contributed by atoms with Crippen LogP contribution in [-0.2, 0) is 6.61 Å². The van der Waals surface area contributed by atoms with Crippen molar-refractivity contribution in [3.63, 3.8) is 0 Å². The predicted molar refractivity (Wildman–Crippen MR) is 103 cm³/mol. The van der Waals surface area contributed by atoms with Gasteiger partial charge in [0.2, 0.25) is 0 Å². The number of hydrogen-bond acceptors (Lipinski definition) is 6. The van der Waals surface area contributed by atoms with Crippen LogP contribution in [0.25, 0.3) is 27.5 Å². The quantitative estimate of drug-likeness (QED) is 0.487. The van der Waals surface area contributed by atoms with Gasteiger partial charge in [0.25, 0.3) is 0 Å². The largest absolute Gasteiger partial charge is 0.485 e. The first-order valence-corrected chi connectivity index (χ1v) is 8.62. The fraction of sp³-hybridized carbons (Fsp3) is 0.100. The molecule has 28 heavy (non-hydrogen) atoms. The Morgan fingerprint density at radius 2 is 1.96 bits per heavy atom. The van der Waals surface area contributed by atoms with E-state index in [1.54, 1.807) is 12.1 Å². The first-order valence-electron chi connectivity index (χ1n) is 8.62. The van der Waals surface area contributed by atoms with Crippen molar-refractivity contribution >= 4 is 27.5 Å². The van der Waals surface area contributed by atoms with Gasteiger partial charge in [-0.15, -0.1) is 5.10 Å². The molecule has 1 N–H and O–H groups in total. The van der Waals surface area contributed by atoms with Crippen LogP contribution in [-0.4, -0.2) is 19.6 Å². The fourth-order valence-electron chi connectivity index (χ4n) is 3.23. The molecule has 0 spiro atoms. The van der Waals surface area contributed by atoms with Gasteiger partial charge in [-0.1, -0.05) is 12.1 Å². The minimum atomic E-state index is -0.407. The van der Waals surface area contributed by atoms with Crippen LogP contribution in [0.15, 0.2) is 62.5 Å². The van der Waals surface area contributed by atoms with Gasteiger partial charge >= 0.3 is 11.3 Å². The lowest BCUT2D eigenvalue weighted by Gasteiger charge is -2.05. The second-order valence-corrected chi connectivity index (χ2v) is 6.43. The zero-order valence-electron chi connectivity index (χ0n) is 14.8. The molecule has 8 nitrogen and oxygen atoms in total. The third-order valence-electron chi connectivity index (χ3n) is 4.54. The Labute approximate surface area is 157 Å². The molecule has 3 aromatic heterocycles. The summed E-state index contributed by atoms with van der Waals surface area (Å²) in [7, 11) is 0. The molecule has 0 unspecified atom stereocenters. The van der Waals surface area contributed by atoms with Gasteiger partial charge in [0.05, 0.1) is 5.52 Å². The number of aryl methyl sites for hydroxylation is 1. The van der Waals surface area contributed by atoms with E-state index in [0.717, 1.165) is 16.3 Å². The van der Waals surface area contributed by atoms with Crippen LogP contribution in [0.5, 0.6) is 5.75 Å². The molecular formula is C20H14N4O4. The number of ether oxygens (including phenoxy) is 1. The normalized spacial score (nSPS) is 11.5. The summed E-state index contributed by atoms with van der Waals surface area (Å²) in [6.07, 6.45) is 0. The van der Waals surface area contributed by atoms with E-state index < -0.39 is 5.63 Å². The number of nitrogens with zero attached hydrogens (tertiary/aromatic N) is 3. The molecule has 0 aliphatic carbocycles. The Bertz CT molecular complexity index is 1480. The summed E-state index contributed by atoms with van der Waals surface area (Å²) in [5.41, 5.74) is 1.68. The van der Waals surface area contributed by atoms with Crippen LogP contribution in [0.1, 0.15) is 11.4 Å². The summed E-state index contributed by atoms with van der Waals surface area (Å²) >= 11 is 0. The summed E-state index contributed by atoms with van der Waals surface area (Å²) in [5, 5.41) is 5.87. The van der Waals surface area contributed by atoms with Gasteiger partial charge in [0.1, 0.15) is 17.9 Å². The maximum atomic E-state index is 12.2. The summed E-state index contributed by atoms with van der Waals surface area (Å²) < 4.78 is 12.2. The third-order valence-corrected chi connectivity index (χ3v) is 4.54. The van der Waals surface area contributed by atoms with Gasteiger partial charge in [0, 0.05) is 22.9 Å². The molecule has 0 bridgehead atoms. The van der Waals surface area contributed by atoms with Gasteiger partial charge in [0.15, 0.2) is 11.5 Å². The maximum Gasteiger partial charge on any atom is 0.348 e.